The van der Waals surface area contributed by atoms with Crippen molar-refractivity contribution >= 4 is 61.8 Å². The van der Waals surface area contributed by atoms with Gasteiger partial charge in [0, 0.05) is 30.8 Å². The van der Waals surface area contributed by atoms with E-state index in [4.69, 9.17) is 11.6 Å². The molecule has 1 saturated heterocycles. The van der Waals surface area contributed by atoms with Gasteiger partial charge in [0.2, 0.25) is 5.91 Å². The first kappa shape index (κ1) is 20.2. The van der Waals surface area contributed by atoms with E-state index < -0.39 is 0 Å². The van der Waals surface area contributed by atoms with E-state index in [0.717, 1.165) is 36.6 Å². The molecule has 1 aromatic carbocycles. The van der Waals surface area contributed by atoms with Gasteiger partial charge < -0.3 is 10.2 Å². The number of fused-ring (bicyclic) bond motifs is 1. The molecule has 10 heteroatoms. The maximum atomic E-state index is 12.7. The summed E-state index contributed by atoms with van der Waals surface area (Å²) in [4.78, 5) is 36.3. The zero-order valence-corrected chi connectivity index (χ0v) is 18.5. The van der Waals surface area contributed by atoms with Crippen molar-refractivity contribution in [2.75, 3.05) is 29.1 Å². The minimum absolute atomic E-state index is 0.125. The number of carbonyl (C=O) groups is 1. The second kappa shape index (κ2) is 8.33. The Labute approximate surface area is 181 Å². The smallest absolute Gasteiger partial charge is 0.273 e. The number of aryl methyl sites for hydroxylation is 1. The summed E-state index contributed by atoms with van der Waals surface area (Å²) >= 11 is 8.70. The highest BCUT2D eigenvalue weighted by molar-refractivity contribution is 7.99. The fraction of sp³-hybridized carbons (Fsp3) is 0.368. The first-order chi connectivity index (χ1) is 13.9. The van der Waals surface area contributed by atoms with Crippen LogP contribution in [0, 0.1) is 6.92 Å². The molecule has 0 saturated carbocycles. The molecule has 0 bridgehead atoms. The summed E-state index contributed by atoms with van der Waals surface area (Å²) in [6.45, 7) is 3.83. The number of hydrogen-bond donors (Lipinski definition) is 1. The van der Waals surface area contributed by atoms with Gasteiger partial charge in [0.05, 0.1) is 5.75 Å². The Morgan fingerprint density at radius 3 is 2.79 bits per heavy atom. The van der Waals surface area contributed by atoms with Crippen molar-refractivity contribution < 1.29 is 4.79 Å². The van der Waals surface area contributed by atoms with E-state index >= 15 is 0 Å². The molecule has 0 atom stereocenters. The quantitative estimate of drug-likeness (QED) is 0.472. The van der Waals surface area contributed by atoms with Crippen molar-refractivity contribution in [1.82, 2.24) is 14.5 Å². The van der Waals surface area contributed by atoms with Crippen LogP contribution in [0.2, 0.25) is 5.02 Å². The second-order valence-corrected chi connectivity index (χ2v) is 9.23. The van der Waals surface area contributed by atoms with Gasteiger partial charge in [-0.25, -0.2) is 4.98 Å². The standard InChI is InChI=1S/C19H20ClN5O2S2/c1-11-5-6-12(9-13(11)20)21-14(26)10-28-18-22-16-15(17(27)24(18)2)29-19(23-16)25-7-3-4-8-25/h5-6,9H,3-4,7-8,10H2,1-2H3,(H,21,26). The SMILES string of the molecule is Cc1ccc(NC(=O)CSc2nc3nc(N4CCCC4)sc3c(=O)n2C)cc1Cl. The van der Waals surface area contributed by atoms with Gasteiger partial charge in [-0.3, -0.25) is 14.2 Å². The molecule has 4 rings (SSSR count). The third-order valence-corrected chi connectivity index (χ3v) is 7.28. The largest absolute Gasteiger partial charge is 0.348 e. The van der Waals surface area contributed by atoms with Gasteiger partial charge in [0.1, 0.15) is 4.70 Å². The van der Waals surface area contributed by atoms with Crippen molar-refractivity contribution in [3.8, 4) is 0 Å². The van der Waals surface area contributed by atoms with Crippen molar-refractivity contribution in [3.05, 3.63) is 39.1 Å². The predicted octanol–water partition coefficient (Wildman–Crippen LogP) is 3.68. The zero-order valence-electron chi connectivity index (χ0n) is 16.1. The first-order valence-electron chi connectivity index (χ1n) is 9.23. The van der Waals surface area contributed by atoms with Crippen molar-refractivity contribution in [3.63, 3.8) is 0 Å². The van der Waals surface area contributed by atoms with Crippen LogP contribution in [0.15, 0.2) is 28.2 Å². The number of thiazole rings is 1. The van der Waals surface area contributed by atoms with Crippen LogP contribution in [0.1, 0.15) is 18.4 Å². The molecular weight excluding hydrogens is 430 g/mol. The van der Waals surface area contributed by atoms with Crippen molar-refractivity contribution in [2.45, 2.75) is 24.9 Å². The number of nitrogens with zero attached hydrogens (tertiary/aromatic N) is 4. The molecule has 7 nitrogen and oxygen atoms in total. The van der Waals surface area contributed by atoms with E-state index in [2.05, 4.69) is 20.2 Å². The number of benzene rings is 1. The molecule has 0 unspecified atom stereocenters. The Morgan fingerprint density at radius 2 is 2.07 bits per heavy atom. The highest BCUT2D eigenvalue weighted by atomic mass is 35.5. The van der Waals surface area contributed by atoms with Crippen LogP contribution in [-0.4, -0.2) is 39.3 Å². The van der Waals surface area contributed by atoms with E-state index in [-0.39, 0.29) is 17.2 Å². The number of hydrogen-bond acceptors (Lipinski definition) is 7. The molecule has 1 N–H and O–H groups in total. The number of rotatable bonds is 5. The lowest BCUT2D eigenvalue weighted by atomic mass is 10.2. The summed E-state index contributed by atoms with van der Waals surface area (Å²) in [5.74, 6) is -0.0688. The number of anilines is 2. The van der Waals surface area contributed by atoms with Gasteiger partial charge in [-0.15, -0.1) is 0 Å². The Balaban J connectivity index is 1.49. The van der Waals surface area contributed by atoms with Gasteiger partial charge in [0.25, 0.3) is 5.56 Å². The topological polar surface area (TPSA) is 80.1 Å². The molecule has 1 aliphatic rings. The molecule has 1 fully saturated rings. The van der Waals surface area contributed by atoms with Gasteiger partial charge in [0.15, 0.2) is 15.9 Å². The number of amides is 1. The second-order valence-electron chi connectivity index (χ2n) is 6.90. The fourth-order valence-electron chi connectivity index (χ4n) is 3.09. The maximum absolute atomic E-state index is 12.7. The average molecular weight is 450 g/mol. The normalized spacial score (nSPS) is 14.0. The van der Waals surface area contributed by atoms with Crippen molar-refractivity contribution in [2.24, 2.45) is 7.05 Å². The van der Waals surface area contributed by atoms with Crippen LogP contribution < -0.4 is 15.8 Å². The summed E-state index contributed by atoms with van der Waals surface area (Å²) in [5.41, 5.74) is 1.90. The molecule has 2 aromatic heterocycles. The van der Waals surface area contributed by atoms with E-state index in [0.29, 0.717) is 26.2 Å². The van der Waals surface area contributed by atoms with E-state index in [9.17, 15) is 9.59 Å². The third-order valence-electron chi connectivity index (χ3n) is 4.75. The molecule has 0 spiro atoms. The van der Waals surface area contributed by atoms with Gasteiger partial charge in [-0.1, -0.05) is 40.8 Å². The minimum Gasteiger partial charge on any atom is -0.348 e. The minimum atomic E-state index is -0.194. The molecule has 0 aliphatic carbocycles. The van der Waals surface area contributed by atoms with Crippen LogP contribution in [0.3, 0.4) is 0 Å². The lowest BCUT2D eigenvalue weighted by Crippen LogP contribution is -2.20. The number of nitrogens with one attached hydrogen (secondary N) is 1. The van der Waals surface area contributed by atoms with Crippen LogP contribution in [-0.2, 0) is 11.8 Å². The Bertz CT molecular complexity index is 1140. The molecule has 1 aliphatic heterocycles. The lowest BCUT2D eigenvalue weighted by molar-refractivity contribution is -0.113. The highest BCUT2D eigenvalue weighted by Crippen LogP contribution is 2.29. The van der Waals surface area contributed by atoms with E-state index in [1.807, 2.05) is 13.0 Å². The Kier molecular flexibility index (Phi) is 5.80. The maximum Gasteiger partial charge on any atom is 0.273 e. The van der Waals surface area contributed by atoms with Crippen LogP contribution in [0.5, 0.6) is 0 Å². The average Bonchev–Trinajstić information content (AvgIpc) is 3.36. The summed E-state index contributed by atoms with van der Waals surface area (Å²) in [5, 5.41) is 4.73. The summed E-state index contributed by atoms with van der Waals surface area (Å²) in [6.07, 6.45) is 2.29. The monoisotopic (exact) mass is 449 g/mol. The van der Waals surface area contributed by atoms with Gasteiger partial charge >= 0.3 is 0 Å². The van der Waals surface area contributed by atoms with Crippen LogP contribution in [0.25, 0.3) is 10.3 Å². The van der Waals surface area contributed by atoms with E-state index in [1.54, 1.807) is 19.2 Å². The fourth-order valence-corrected chi connectivity index (χ4v) is 5.07. The number of halogens is 1. The molecule has 29 heavy (non-hydrogen) atoms. The summed E-state index contributed by atoms with van der Waals surface area (Å²) in [7, 11) is 1.67. The zero-order chi connectivity index (χ0) is 20.5. The first-order valence-corrected chi connectivity index (χ1v) is 11.4. The van der Waals surface area contributed by atoms with Crippen LogP contribution in [0.4, 0.5) is 10.8 Å². The molecule has 3 aromatic rings. The molecular formula is C19H20ClN5O2S2. The number of aromatic nitrogens is 3. The van der Waals surface area contributed by atoms with Crippen LogP contribution >= 0.6 is 34.7 Å². The molecule has 1 amide bonds. The predicted molar refractivity (Wildman–Crippen MR) is 120 cm³/mol. The number of carbonyl (C=O) groups excluding carboxylic acids is 1. The van der Waals surface area contributed by atoms with E-state index in [1.165, 1.54) is 27.7 Å². The summed E-state index contributed by atoms with van der Waals surface area (Å²) < 4.78 is 2.03. The lowest BCUT2D eigenvalue weighted by Gasteiger charge is -2.11. The molecule has 3 heterocycles. The van der Waals surface area contributed by atoms with Gasteiger partial charge in [-0.2, -0.15) is 4.98 Å². The highest BCUT2D eigenvalue weighted by Gasteiger charge is 2.20. The van der Waals surface area contributed by atoms with Gasteiger partial charge in [-0.05, 0) is 37.5 Å². The Hall–Kier alpha value is -2.10. The number of thioether (sulfide) groups is 1. The third kappa shape index (κ3) is 4.26. The molecule has 152 valence electrons. The van der Waals surface area contributed by atoms with Crippen molar-refractivity contribution in [1.29, 1.82) is 0 Å². The Morgan fingerprint density at radius 1 is 1.31 bits per heavy atom. The molecule has 0 radical (unpaired) electrons. The summed E-state index contributed by atoms with van der Waals surface area (Å²) in [6, 6.07) is 5.37.